The fraction of sp³-hybridized carbons (Fsp3) is 0.583. The predicted octanol–water partition coefficient (Wildman–Crippen LogP) is 2.10. The van der Waals surface area contributed by atoms with Gasteiger partial charge in [0.15, 0.2) is 5.82 Å². The van der Waals surface area contributed by atoms with Crippen LogP contribution in [0.5, 0.6) is 0 Å². The van der Waals surface area contributed by atoms with Crippen molar-refractivity contribution in [1.29, 1.82) is 0 Å². The highest BCUT2D eigenvalue weighted by molar-refractivity contribution is 5.25. The second kappa shape index (κ2) is 5.20. The van der Waals surface area contributed by atoms with Crippen molar-refractivity contribution < 1.29 is 4.52 Å². The van der Waals surface area contributed by atoms with Crippen molar-refractivity contribution in [3.63, 3.8) is 0 Å². The Balaban J connectivity index is 2.01. The van der Waals surface area contributed by atoms with Crippen molar-refractivity contribution in [1.82, 2.24) is 19.9 Å². The Morgan fingerprint density at radius 1 is 1.44 bits per heavy atom. The quantitative estimate of drug-likeness (QED) is 0.878. The highest BCUT2D eigenvalue weighted by Crippen LogP contribution is 2.14. The monoisotopic (exact) mass is 249 g/mol. The summed E-state index contributed by atoms with van der Waals surface area (Å²) >= 11 is 0. The predicted molar refractivity (Wildman–Crippen MR) is 68.3 cm³/mol. The normalized spacial score (nSPS) is 11.2. The number of hydrogen-bond acceptors (Lipinski definition) is 5. The summed E-state index contributed by atoms with van der Waals surface area (Å²) < 4.78 is 6.95. The summed E-state index contributed by atoms with van der Waals surface area (Å²) in [5.41, 5.74) is 2.25. The Kier molecular flexibility index (Phi) is 3.64. The van der Waals surface area contributed by atoms with Gasteiger partial charge in [0.25, 0.3) is 0 Å². The number of nitrogens with one attached hydrogen (secondary N) is 1. The van der Waals surface area contributed by atoms with Gasteiger partial charge < -0.3 is 9.84 Å². The Hall–Kier alpha value is -1.85. The van der Waals surface area contributed by atoms with Crippen LogP contribution < -0.4 is 5.32 Å². The molecule has 2 heterocycles. The Morgan fingerprint density at radius 2 is 2.22 bits per heavy atom. The molecule has 2 rings (SSSR count). The van der Waals surface area contributed by atoms with E-state index in [0.717, 1.165) is 23.5 Å². The first-order valence-corrected chi connectivity index (χ1v) is 6.19. The molecule has 2 aromatic heterocycles. The number of aryl methyl sites for hydroxylation is 2. The fourth-order valence-corrected chi connectivity index (χ4v) is 1.74. The lowest BCUT2D eigenvalue weighted by atomic mass is 10.2. The molecule has 0 spiro atoms. The van der Waals surface area contributed by atoms with Crippen LogP contribution in [-0.2, 0) is 20.0 Å². The van der Waals surface area contributed by atoms with E-state index < -0.39 is 0 Å². The van der Waals surface area contributed by atoms with Gasteiger partial charge in [0.2, 0.25) is 0 Å². The van der Waals surface area contributed by atoms with Gasteiger partial charge in [-0.25, -0.2) is 0 Å². The van der Waals surface area contributed by atoms with Crippen molar-refractivity contribution in [2.45, 2.75) is 39.7 Å². The number of nitrogens with zero attached hydrogens (tertiary/aromatic N) is 4. The van der Waals surface area contributed by atoms with E-state index in [1.165, 1.54) is 0 Å². The van der Waals surface area contributed by atoms with E-state index in [2.05, 4.69) is 27.5 Å². The minimum absolute atomic E-state index is 0.272. The second-order valence-corrected chi connectivity index (χ2v) is 4.59. The van der Waals surface area contributed by atoms with Gasteiger partial charge in [0, 0.05) is 31.3 Å². The highest BCUT2D eigenvalue weighted by atomic mass is 16.5. The molecule has 98 valence electrons. The van der Waals surface area contributed by atoms with Crippen molar-refractivity contribution in [2.75, 3.05) is 5.32 Å². The van der Waals surface area contributed by atoms with Gasteiger partial charge in [0.1, 0.15) is 0 Å². The largest absolute Gasteiger partial charge is 0.334 e. The van der Waals surface area contributed by atoms with Crippen LogP contribution in [0, 0.1) is 0 Å². The summed E-state index contributed by atoms with van der Waals surface area (Å²) in [5, 5.41) is 11.4. The van der Waals surface area contributed by atoms with E-state index in [4.69, 9.17) is 4.52 Å². The third-order valence-corrected chi connectivity index (χ3v) is 2.71. The average Bonchev–Trinajstić information content (AvgIpc) is 2.92. The van der Waals surface area contributed by atoms with Crippen LogP contribution in [0.15, 0.2) is 10.7 Å². The molecule has 0 unspecified atom stereocenters. The first-order valence-electron chi connectivity index (χ1n) is 6.19. The van der Waals surface area contributed by atoms with Crippen LogP contribution in [0.1, 0.15) is 43.8 Å². The lowest BCUT2D eigenvalue weighted by molar-refractivity contribution is 0.419. The van der Waals surface area contributed by atoms with Crippen LogP contribution in [0.25, 0.3) is 0 Å². The Labute approximate surface area is 106 Å². The molecule has 0 aliphatic heterocycles. The van der Waals surface area contributed by atoms with Gasteiger partial charge in [-0.3, -0.25) is 4.68 Å². The summed E-state index contributed by atoms with van der Waals surface area (Å²) in [6.45, 7) is 6.81. The molecule has 0 aliphatic rings. The first-order chi connectivity index (χ1) is 8.60. The Bertz CT molecular complexity index is 514. The van der Waals surface area contributed by atoms with Crippen LogP contribution >= 0.6 is 0 Å². The zero-order valence-corrected chi connectivity index (χ0v) is 11.3. The van der Waals surface area contributed by atoms with E-state index in [-0.39, 0.29) is 5.92 Å². The van der Waals surface area contributed by atoms with E-state index in [0.29, 0.717) is 12.6 Å². The van der Waals surface area contributed by atoms with Crippen molar-refractivity contribution in [2.24, 2.45) is 7.05 Å². The highest BCUT2D eigenvalue weighted by Gasteiger charge is 2.10. The van der Waals surface area contributed by atoms with Crippen LogP contribution in [-0.4, -0.2) is 19.9 Å². The third kappa shape index (κ3) is 2.69. The molecule has 0 radical (unpaired) electrons. The third-order valence-electron chi connectivity index (χ3n) is 2.71. The molecular formula is C12H19N5O. The van der Waals surface area contributed by atoms with Crippen molar-refractivity contribution in [3.05, 3.63) is 23.3 Å². The average molecular weight is 249 g/mol. The first kappa shape index (κ1) is 12.6. The molecule has 2 aromatic rings. The van der Waals surface area contributed by atoms with E-state index >= 15 is 0 Å². The molecular weight excluding hydrogens is 230 g/mol. The minimum atomic E-state index is 0.272. The summed E-state index contributed by atoms with van der Waals surface area (Å²) in [6.07, 6.45) is 2.92. The molecule has 1 N–H and O–H groups in total. The zero-order chi connectivity index (χ0) is 13.1. The summed E-state index contributed by atoms with van der Waals surface area (Å²) in [7, 11) is 1.92. The van der Waals surface area contributed by atoms with Crippen LogP contribution in [0.4, 0.5) is 6.01 Å². The van der Waals surface area contributed by atoms with Gasteiger partial charge >= 0.3 is 6.01 Å². The molecule has 0 atom stereocenters. The summed E-state index contributed by atoms with van der Waals surface area (Å²) in [4.78, 5) is 4.27. The van der Waals surface area contributed by atoms with Gasteiger partial charge in [-0.05, 0) is 6.42 Å². The van der Waals surface area contributed by atoms with Crippen molar-refractivity contribution >= 4 is 6.01 Å². The minimum Gasteiger partial charge on any atom is -0.334 e. The van der Waals surface area contributed by atoms with E-state index in [1.54, 1.807) is 0 Å². The molecule has 0 aliphatic carbocycles. The number of rotatable bonds is 5. The second-order valence-electron chi connectivity index (χ2n) is 4.59. The van der Waals surface area contributed by atoms with Crippen molar-refractivity contribution in [3.8, 4) is 0 Å². The number of anilines is 1. The van der Waals surface area contributed by atoms with Gasteiger partial charge in [-0.1, -0.05) is 25.9 Å². The molecule has 6 nitrogen and oxygen atoms in total. The SMILES string of the molecule is CCc1nn(C)cc1CNc1nc(C(C)C)no1. The standard InChI is InChI=1S/C12H19N5O/c1-5-10-9(7-17(4)15-10)6-13-12-14-11(8(2)3)16-18-12/h7-8H,5-6H2,1-4H3,(H,13,14,16). The lowest BCUT2D eigenvalue weighted by Crippen LogP contribution is -2.01. The smallest absolute Gasteiger partial charge is 0.321 e. The lowest BCUT2D eigenvalue weighted by Gasteiger charge is -2.00. The molecule has 0 saturated heterocycles. The maximum atomic E-state index is 5.13. The zero-order valence-electron chi connectivity index (χ0n) is 11.3. The van der Waals surface area contributed by atoms with E-state index in [1.807, 2.05) is 31.8 Å². The number of aromatic nitrogens is 4. The topological polar surface area (TPSA) is 68.8 Å². The molecule has 0 amide bonds. The van der Waals surface area contributed by atoms with Gasteiger partial charge in [-0.15, -0.1) is 0 Å². The van der Waals surface area contributed by atoms with Gasteiger partial charge in [-0.2, -0.15) is 10.1 Å². The molecule has 18 heavy (non-hydrogen) atoms. The molecule has 0 bridgehead atoms. The molecule has 0 aromatic carbocycles. The molecule has 6 heteroatoms. The number of hydrogen-bond donors (Lipinski definition) is 1. The molecule has 0 fully saturated rings. The van der Waals surface area contributed by atoms with Crippen LogP contribution in [0.2, 0.25) is 0 Å². The Morgan fingerprint density at radius 3 is 2.83 bits per heavy atom. The molecule has 0 saturated carbocycles. The van der Waals surface area contributed by atoms with Crippen LogP contribution in [0.3, 0.4) is 0 Å². The summed E-state index contributed by atoms with van der Waals surface area (Å²) in [6, 6.07) is 0.463. The maximum absolute atomic E-state index is 5.13. The summed E-state index contributed by atoms with van der Waals surface area (Å²) in [5.74, 6) is 0.994. The van der Waals surface area contributed by atoms with Gasteiger partial charge in [0.05, 0.1) is 5.69 Å². The fourth-order valence-electron chi connectivity index (χ4n) is 1.74. The van der Waals surface area contributed by atoms with E-state index in [9.17, 15) is 0 Å². The maximum Gasteiger partial charge on any atom is 0.321 e.